The first-order valence-corrected chi connectivity index (χ1v) is 6.77. The third-order valence-electron chi connectivity index (χ3n) is 2.15. The van der Waals surface area contributed by atoms with Gasteiger partial charge in [-0.15, -0.1) is 0 Å². The molecule has 0 unspecified atom stereocenters. The standard InChI is InChI=1S/C11H9FN2O2S2/c1-6-13-11(18-14-6)17-5-8-4-7(10(15)16)2-3-9(8)12/h2-4H,5H2,1H3,(H,15,16). The highest BCUT2D eigenvalue weighted by molar-refractivity contribution is 8.00. The number of halogens is 1. The van der Waals surface area contributed by atoms with E-state index in [1.54, 1.807) is 6.92 Å². The smallest absolute Gasteiger partial charge is 0.335 e. The summed E-state index contributed by atoms with van der Waals surface area (Å²) in [7, 11) is 0. The van der Waals surface area contributed by atoms with Gasteiger partial charge in [-0.25, -0.2) is 14.2 Å². The van der Waals surface area contributed by atoms with Crippen molar-refractivity contribution in [2.45, 2.75) is 17.0 Å². The van der Waals surface area contributed by atoms with Crippen molar-refractivity contribution in [3.63, 3.8) is 0 Å². The molecular formula is C11H9FN2O2S2. The molecule has 4 nitrogen and oxygen atoms in total. The number of rotatable bonds is 4. The number of hydrogen-bond donors (Lipinski definition) is 1. The highest BCUT2D eigenvalue weighted by Crippen LogP contribution is 2.25. The second-order valence-electron chi connectivity index (χ2n) is 3.51. The Hall–Kier alpha value is -1.47. The average Bonchev–Trinajstić information content (AvgIpc) is 2.74. The van der Waals surface area contributed by atoms with Crippen LogP contribution >= 0.6 is 23.3 Å². The van der Waals surface area contributed by atoms with E-state index >= 15 is 0 Å². The van der Waals surface area contributed by atoms with E-state index in [0.29, 0.717) is 17.1 Å². The quantitative estimate of drug-likeness (QED) is 0.874. The summed E-state index contributed by atoms with van der Waals surface area (Å²) in [5.41, 5.74) is 0.438. The zero-order valence-corrected chi connectivity index (χ0v) is 11.0. The van der Waals surface area contributed by atoms with Gasteiger partial charge in [-0.2, -0.15) is 4.37 Å². The molecule has 18 heavy (non-hydrogen) atoms. The van der Waals surface area contributed by atoms with Crippen molar-refractivity contribution in [2.24, 2.45) is 0 Å². The fraction of sp³-hybridized carbons (Fsp3) is 0.182. The minimum absolute atomic E-state index is 0.0837. The normalized spacial score (nSPS) is 10.6. The second kappa shape index (κ2) is 5.45. The second-order valence-corrected chi connectivity index (χ2v) is 5.48. The first kappa shape index (κ1) is 13.0. The molecule has 7 heteroatoms. The topological polar surface area (TPSA) is 63.1 Å². The third-order valence-corrected chi connectivity index (χ3v) is 4.13. The number of hydrogen-bond acceptors (Lipinski definition) is 5. The van der Waals surface area contributed by atoms with Gasteiger partial charge in [0.2, 0.25) is 0 Å². The van der Waals surface area contributed by atoms with E-state index in [0.717, 1.165) is 4.34 Å². The predicted molar refractivity (Wildman–Crippen MR) is 67.6 cm³/mol. The average molecular weight is 284 g/mol. The van der Waals surface area contributed by atoms with E-state index in [2.05, 4.69) is 9.36 Å². The van der Waals surface area contributed by atoms with Crippen LogP contribution in [0.25, 0.3) is 0 Å². The molecule has 0 bridgehead atoms. The van der Waals surface area contributed by atoms with Gasteiger partial charge in [-0.05, 0) is 42.2 Å². The zero-order chi connectivity index (χ0) is 13.1. The lowest BCUT2D eigenvalue weighted by molar-refractivity contribution is 0.0696. The maximum atomic E-state index is 13.5. The molecule has 1 heterocycles. The van der Waals surface area contributed by atoms with Gasteiger partial charge in [0, 0.05) is 5.75 Å². The molecule has 1 N–H and O–H groups in total. The van der Waals surface area contributed by atoms with Gasteiger partial charge in [0.25, 0.3) is 0 Å². The maximum absolute atomic E-state index is 13.5. The van der Waals surface area contributed by atoms with Gasteiger partial charge < -0.3 is 5.11 Å². The summed E-state index contributed by atoms with van der Waals surface area (Å²) in [5, 5.41) is 8.84. The molecule has 2 aromatic rings. The van der Waals surface area contributed by atoms with Crippen molar-refractivity contribution in [3.05, 3.63) is 41.0 Å². The van der Waals surface area contributed by atoms with Crippen LogP contribution in [0.5, 0.6) is 0 Å². The summed E-state index contributed by atoms with van der Waals surface area (Å²) >= 11 is 2.59. The summed E-state index contributed by atoms with van der Waals surface area (Å²) in [4.78, 5) is 14.9. The molecule has 0 amide bonds. The van der Waals surface area contributed by atoms with E-state index in [-0.39, 0.29) is 5.56 Å². The number of carboxylic acid groups (broad SMARTS) is 1. The molecular weight excluding hydrogens is 275 g/mol. The minimum atomic E-state index is -1.06. The number of nitrogens with zero attached hydrogens (tertiary/aromatic N) is 2. The van der Waals surface area contributed by atoms with Crippen LogP contribution in [-0.4, -0.2) is 20.4 Å². The summed E-state index contributed by atoms with van der Waals surface area (Å²) in [6, 6.07) is 3.77. The van der Waals surface area contributed by atoms with Crippen molar-refractivity contribution >= 4 is 29.3 Å². The highest BCUT2D eigenvalue weighted by atomic mass is 32.2. The predicted octanol–water partition coefficient (Wildman–Crippen LogP) is 2.98. The zero-order valence-electron chi connectivity index (χ0n) is 9.38. The molecule has 94 valence electrons. The third kappa shape index (κ3) is 3.05. The molecule has 0 spiro atoms. The van der Waals surface area contributed by atoms with Crippen molar-refractivity contribution in [3.8, 4) is 0 Å². The van der Waals surface area contributed by atoms with Gasteiger partial charge in [0.05, 0.1) is 5.56 Å². The summed E-state index contributed by atoms with van der Waals surface area (Å²) < 4.78 is 18.3. The molecule has 0 saturated heterocycles. The SMILES string of the molecule is Cc1nsc(SCc2cc(C(=O)O)ccc2F)n1. The molecule has 1 aromatic carbocycles. The summed E-state index contributed by atoms with van der Waals surface area (Å²) in [6.45, 7) is 1.78. The van der Waals surface area contributed by atoms with Gasteiger partial charge in [0.15, 0.2) is 4.34 Å². The molecule has 0 aliphatic carbocycles. The van der Waals surface area contributed by atoms with Crippen LogP contribution in [0.2, 0.25) is 0 Å². The Labute approximate surface area is 111 Å². The van der Waals surface area contributed by atoms with Crippen molar-refractivity contribution < 1.29 is 14.3 Å². The Morgan fingerprint density at radius 3 is 2.94 bits per heavy atom. The number of carboxylic acids is 1. The molecule has 0 aliphatic heterocycles. The highest BCUT2D eigenvalue weighted by Gasteiger charge is 2.10. The molecule has 2 rings (SSSR count). The monoisotopic (exact) mass is 284 g/mol. The Balaban J connectivity index is 2.13. The fourth-order valence-corrected chi connectivity index (χ4v) is 2.91. The Kier molecular flexibility index (Phi) is 3.93. The number of aromatic nitrogens is 2. The van der Waals surface area contributed by atoms with Gasteiger partial charge >= 0.3 is 5.97 Å². The van der Waals surface area contributed by atoms with Crippen molar-refractivity contribution in [1.82, 2.24) is 9.36 Å². The Morgan fingerprint density at radius 1 is 1.56 bits per heavy atom. The van der Waals surface area contributed by atoms with Crippen LogP contribution < -0.4 is 0 Å². The molecule has 0 fully saturated rings. The van der Waals surface area contributed by atoms with Crippen LogP contribution in [0, 0.1) is 12.7 Å². The van der Waals surface area contributed by atoms with Crippen LogP contribution in [-0.2, 0) is 5.75 Å². The summed E-state index contributed by atoms with van der Waals surface area (Å²) in [5.74, 6) is -0.453. The molecule has 0 atom stereocenters. The van der Waals surface area contributed by atoms with Gasteiger partial charge in [0.1, 0.15) is 11.6 Å². The number of thioether (sulfide) groups is 1. The van der Waals surface area contributed by atoms with Gasteiger partial charge in [-0.3, -0.25) is 0 Å². The lowest BCUT2D eigenvalue weighted by atomic mass is 10.1. The van der Waals surface area contributed by atoms with Crippen LogP contribution in [0.3, 0.4) is 0 Å². The van der Waals surface area contributed by atoms with E-state index < -0.39 is 11.8 Å². The fourth-order valence-electron chi connectivity index (χ4n) is 1.29. The number of aryl methyl sites for hydroxylation is 1. The van der Waals surface area contributed by atoms with Crippen LogP contribution in [0.15, 0.2) is 22.5 Å². The van der Waals surface area contributed by atoms with Crippen molar-refractivity contribution in [2.75, 3.05) is 0 Å². The maximum Gasteiger partial charge on any atom is 0.335 e. The van der Waals surface area contributed by atoms with E-state index in [4.69, 9.17) is 5.11 Å². The van der Waals surface area contributed by atoms with Crippen LogP contribution in [0.4, 0.5) is 4.39 Å². The number of benzene rings is 1. The van der Waals surface area contributed by atoms with Gasteiger partial charge in [-0.1, -0.05) is 11.8 Å². The molecule has 0 aliphatic rings. The largest absolute Gasteiger partial charge is 0.478 e. The summed E-state index contributed by atoms with van der Waals surface area (Å²) in [6.07, 6.45) is 0. The molecule has 0 saturated carbocycles. The van der Waals surface area contributed by atoms with Crippen LogP contribution in [0.1, 0.15) is 21.7 Å². The Bertz CT molecular complexity index is 586. The van der Waals surface area contributed by atoms with E-state index in [1.807, 2.05) is 0 Å². The van der Waals surface area contributed by atoms with E-state index in [9.17, 15) is 9.18 Å². The first-order chi connectivity index (χ1) is 8.56. The first-order valence-electron chi connectivity index (χ1n) is 5.01. The number of carbonyl (C=O) groups is 1. The van der Waals surface area contributed by atoms with Crippen molar-refractivity contribution in [1.29, 1.82) is 0 Å². The van der Waals surface area contributed by atoms with E-state index in [1.165, 1.54) is 41.5 Å². The Morgan fingerprint density at radius 2 is 2.33 bits per heavy atom. The molecule has 0 radical (unpaired) electrons. The lowest BCUT2D eigenvalue weighted by Crippen LogP contribution is -1.99. The number of aromatic carboxylic acids is 1. The molecule has 1 aromatic heterocycles. The lowest BCUT2D eigenvalue weighted by Gasteiger charge is -2.02. The minimum Gasteiger partial charge on any atom is -0.478 e.